The van der Waals surface area contributed by atoms with E-state index in [9.17, 15) is 13.2 Å². The lowest BCUT2D eigenvalue weighted by molar-refractivity contribution is -0.130. The molecule has 1 aliphatic rings. The van der Waals surface area contributed by atoms with Crippen LogP contribution in [0.4, 0.5) is 0 Å². The molecule has 1 unspecified atom stereocenters. The van der Waals surface area contributed by atoms with Gasteiger partial charge in [-0.1, -0.05) is 24.3 Å². The molecule has 0 saturated carbocycles. The van der Waals surface area contributed by atoms with E-state index >= 15 is 0 Å². The van der Waals surface area contributed by atoms with Crippen molar-refractivity contribution in [2.75, 3.05) is 26.9 Å². The first kappa shape index (κ1) is 20.1. The Labute approximate surface area is 163 Å². The van der Waals surface area contributed by atoms with Gasteiger partial charge in [-0.05, 0) is 29.8 Å². The molecule has 9 heteroatoms. The molecular formula is C19H22N2O6S. The normalized spacial score (nSPS) is 15.8. The monoisotopic (exact) mass is 406 g/mol. The van der Waals surface area contributed by atoms with Gasteiger partial charge in [-0.15, -0.1) is 0 Å². The van der Waals surface area contributed by atoms with Crippen molar-refractivity contribution in [1.82, 2.24) is 10.0 Å². The Hall–Kier alpha value is -2.62. The van der Waals surface area contributed by atoms with E-state index in [0.717, 1.165) is 5.56 Å². The molecule has 3 rings (SSSR count). The predicted molar refractivity (Wildman–Crippen MR) is 102 cm³/mol. The molecule has 0 fully saturated rings. The quantitative estimate of drug-likeness (QED) is 0.636. The van der Waals surface area contributed by atoms with Crippen LogP contribution in [0.5, 0.6) is 11.5 Å². The summed E-state index contributed by atoms with van der Waals surface area (Å²) in [5.41, 5.74) is 0.765. The van der Waals surface area contributed by atoms with Crippen molar-refractivity contribution in [3.8, 4) is 11.5 Å². The minimum atomic E-state index is -3.58. The van der Waals surface area contributed by atoms with E-state index in [-0.39, 0.29) is 30.5 Å². The molecule has 0 saturated heterocycles. The second kappa shape index (κ2) is 9.05. The molecule has 8 nitrogen and oxygen atoms in total. The first-order valence-electron chi connectivity index (χ1n) is 8.73. The number of sulfonamides is 1. The van der Waals surface area contributed by atoms with Crippen LogP contribution in [0, 0.1) is 0 Å². The van der Waals surface area contributed by atoms with Crippen molar-refractivity contribution < 1.29 is 27.4 Å². The topological polar surface area (TPSA) is 103 Å². The first-order valence-corrected chi connectivity index (χ1v) is 10.2. The second-order valence-corrected chi connectivity index (χ2v) is 7.88. The van der Waals surface area contributed by atoms with Gasteiger partial charge in [0.25, 0.3) is 5.91 Å². The molecule has 2 aromatic rings. The number of amides is 1. The number of hydrogen-bond acceptors (Lipinski definition) is 6. The van der Waals surface area contributed by atoms with Gasteiger partial charge in [-0.2, -0.15) is 0 Å². The van der Waals surface area contributed by atoms with Gasteiger partial charge in [0, 0.05) is 20.2 Å². The molecule has 28 heavy (non-hydrogen) atoms. The number of ether oxygens (including phenoxy) is 3. The Morgan fingerprint density at radius 3 is 2.57 bits per heavy atom. The lowest BCUT2D eigenvalue weighted by Gasteiger charge is -2.25. The van der Waals surface area contributed by atoms with Crippen molar-refractivity contribution in [2.45, 2.75) is 17.5 Å². The van der Waals surface area contributed by atoms with E-state index in [2.05, 4.69) is 10.0 Å². The fourth-order valence-electron chi connectivity index (χ4n) is 2.60. The van der Waals surface area contributed by atoms with Gasteiger partial charge in [-0.3, -0.25) is 4.79 Å². The van der Waals surface area contributed by atoms with E-state index in [1.165, 1.54) is 19.2 Å². The highest BCUT2D eigenvalue weighted by atomic mass is 32.2. The molecule has 0 bridgehead atoms. The SMILES string of the molecule is COCCNS(=O)(=O)c1ccc(CNC(=O)C2COc3ccccc3O2)cc1. The number of para-hydroxylation sites is 2. The number of carbonyl (C=O) groups excluding carboxylic acids is 1. The summed E-state index contributed by atoms with van der Waals surface area (Å²) >= 11 is 0. The van der Waals surface area contributed by atoms with E-state index < -0.39 is 16.1 Å². The summed E-state index contributed by atoms with van der Waals surface area (Å²) < 4.78 is 42.7. The zero-order chi connectivity index (χ0) is 20.0. The average molecular weight is 406 g/mol. The minimum absolute atomic E-state index is 0.132. The Kier molecular flexibility index (Phi) is 6.50. The minimum Gasteiger partial charge on any atom is -0.485 e. The number of rotatable bonds is 8. The second-order valence-electron chi connectivity index (χ2n) is 6.12. The molecule has 0 spiro atoms. The van der Waals surface area contributed by atoms with Crippen LogP contribution in [0.3, 0.4) is 0 Å². The van der Waals surface area contributed by atoms with Crippen molar-refractivity contribution >= 4 is 15.9 Å². The Morgan fingerprint density at radius 1 is 1.14 bits per heavy atom. The van der Waals surface area contributed by atoms with E-state index in [0.29, 0.717) is 18.1 Å². The van der Waals surface area contributed by atoms with Crippen LogP contribution in [0.1, 0.15) is 5.56 Å². The van der Waals surface area contributed by atoms with Crippen LogP contribution >= 0.6 is 0 Å². The summed E-state index contributed by atoms with van der Waals surface area (Å²) in [5, 5.41) is 2.77. The Balaban J connectivity index is 1.53. The summed E-state index contributed by atoms with van der Waals surface area (Å²) in [4.78, 5) is 12.5. The van der Waals surface area contributed by atoms with Crippen LogP contribution in [0.15, 0.2) is 53.4 Å². The largest absolute Gasteiger partial charge is 0.485 e. The predicted octanol–water partition coefficient (Wildman–Crippen LogP) is 1.07. The first-order chi connectivity index (χ1) is 13.5. The number of carbonyl (C=O) groups is 1. The smallest absolute Gasteiger partial charge is 0.264 e. The zero-order valence-electron chi connectivity index (χ0n) is 15.4. The Bertz CT molecular complexity index is 914. The lowest BCUT2D eigenvalue weighted by Crippen LogP contribution is -2.43. The van der Waals surface area contributed by atoms with Crippen molar-refractivity contribution in [3.63, 3.8) is 0 Å². The third-order valence-electron chi connectivity index (χ3n) is 4.10. The molecule has 150 valence electrons. The van der Waals surface area contributed by atoms with E-state index in [4.69, 9.17) is 14.2 Å². The zero-order valence-corrected chi connectivity index (χ0v) is 16.2. The summed E-state index contributed by atoms with van der Waals surface area (Å²) in [5.74, 6) is 0.847. The molecule has 1 heterocycles. The van der Waals surface area contributed by atoms with Crippen molar-refractivity contribution in [3.05, 3.63) is 54.1 Å². The maximum absolute atomic E-state index is 12.3. The number of fused-ring (bicyclic) bond motifs is 1. The van der Waals surface area contributed by atoms with E-state index in [1.807, 2.05) is 12.1 Å². The molecule has 1 amide bonds. The molecule has 2 N–H and O–H groups in total. The number of nitrogens with one attached hydrogen (secondary N) is 2. The third kappa shape index (κ3) is 5.00. The molecular weight excluding hydrogens is 384 g/mol. The molecule has 0 aliphatic carbocycles. The summed E-state index contributed by atoms with van der Waals surface area (Å²) in [6.45, 7) is 0.870. The highest BCUT2D eigenvalue weighted by Crippen LogP contribution is 2.30. The standard InChI is InChI=1S/C19H22N2O6S/c1-25-11-10-21-28(23,24)15-8-6-14(7-9-15)12-20-19(22)18-13-26-16-4-2-3-5-17(16)27-18/h2-9,18,21H,10-13H2,1H3,(H,20,22). The van der Waals surface area contributed by atoms with E-state index in [1.54, 1.807) is 24.3 Å². The third-order valence-corrected chi connectivity index (χ3v) is 5.58. The summed E-state index contributed by atoms with van der Waals surface area (Å²) in [6.07, 6.45) is -0.737. The van der Waals surface area contributed by atoms with Gasteiger partial charge < -0.3 is 19.5 Å². The van der Waals surface area contributed by atoms with Gasteiger partial charge in [-0.25, -0.2) is 13.1 Å². The summed E-state index contributed by atoms with van der Waals surface area (Å²) in [6, 6.07) is 13.5. The van der Waals surface area contributed by atoms with Crippen LogP contribution in [-0.2, 0) is 26.1 Å². The fraction of sp³-hybridized carbons (Fsp3) is 0.316. The van der Waals surface area contributed by atoms with Crippen LogP contribution in [0.2, 0.25) is 0 Å². The number of methoxy groups -OCH3 is 1. The average Bonchev–Trinajstić information content (AvgIpc) is 2.72. The lowest BCUT2D eigenvalue weighted by atomic mass is 10.2. The van der Waals surface area contributed by atoms with Gasteiger partial charge in [0.1, 0.15) is 6.61 Å². The van der Waals surface area contributed by atoms with Crippen molar-refractivity contribution in [2.24, 2.45) is 0 Å². The van der Waals surface area contributed by atoms with Gasteiger partial charge >= 0.3 is 0 Å². The van der Waals surface area contributed by atoms with Crippen molar-refractivity contribution in [1.29, 1.82) is 0 Å². The highest BCUT2D eigenvalue weighted by molar-refractivity contribution is 7.89. The van der Waals surface area contributed by atoms with Crippen LogP contribution < -0.4 is 19.5 Å². The Morgan fingerprint density at radius 2 is 1.86 bits per heavy atom. The number of hydrogen-bond donors (Lipinski definition) is 2. The van der Waals surface area contributed by atoms with Gasteiger partial charge in [0.2, 0.25) is 16.1 Å². The fourth-order valence-corrected chi connectivity index (χ4v) is 3.61. The van der Waals surface area contributed by atoms with Gasteiger partial charge in [0.15, 0.2) is 11.5 Å². The number of benzene rings is 2. The molecule has 1 atom stereocenters. The molecule has 1 aliphatic heterocycles. The maximum atomic E-state index is 12.3. The van der Waals surface area contributed by atoms with Gasteiger partial charge in [0.05, 0.1) is 11.5 Å². The molecule has 2 aromatic carbocycles. The highest BCUT2D eigenvalue weighted by Gasteiger charge is 2.27. The molecule has 0 aromatic heterocycles. The van der Waals surface area contributed by atoms with Crippen LogP contribution in [0.25, 0.3) is 0 Å². The molecule has 0 radical (unpaired) electrons. The summed E-state index contributed by atoms with van der Waals surface area (Å²) in [7, 11) is -2.08. The maximum Gasteiger partial charge on any atom is 0.264 e. The van der Waals surface area contributed by atoms with Crippen LogP contribution in [-0.4, -0.2) is 47.3 Å².